The van der Waals surface area contributed by atoms with Crippen molar-refractivity contribution in [3.05, 3.63) is 22.2 Å². The van der Waals surface area contributed by atoms with Crippen molar-refractivity contribution in [2.45, 2.75) is 46.6 Å². The number of nitrogens with one attached hydrogen (secondary N) is 1. The van der Waals surface area contributed by atoms with Crippen molar-refractivity contribution in [3.63, 3.8) is 0 Å². The number of aryl methyl sites for hydroxylation is 1. The van der Waals surface area contributed by atoms with Gasteiger partial charge in [-0.25, -0.2) is 0 Å². The van der Waals surface area contributed by atoms with Crippen molar-refractivity contribution >= 4 is 15.9 Å². The van der Waals surface area contributed by atoms with Gasteiger partial charge >= 0.3 is 0 Å². The number of rotatable bonds is 8. The fourth-order valence-electron chi connectivity index (χ4n) is 2.13. The standard InChI is InChI=1S/C17H28BrNO2/c1-12(2)19-11-17(3,4)8-7-13-9-15(20-5)16(21-6)10-14(13)18/h9-10,12,19H,7-8,11H2,1-6H3. The van der Waals surface area contributed by atoms with Crippen LogP contribution in [-0.2, 0) is 6.42 Å². The molecule has 0 saturated carbocycles. The number of halogens is 1. The maximum absolute atomic E-state index is 5.38. The van der Waals surface area contributed by atoms with Gasteiger partial charge in [0.2, 0.25) is 0 Å². The van der Waals surface area contributed by atoms with E-state index in [1.165, 1.54) is 5.56 Å². The van der Waals surface area contributed by atoms with E-state index in [1.807, 2.05) is 6.07 Å². The predicted molar refractivity (Wildman–Crippen MR) is 92.5 cm³/mol. The summed E-state index contributed by atoms with van der Waals surface area (Å²) in [5.74, 6) is 1.54. The summed E-state index contributed by atoms with van der Waals surface area (Å²) in [6.45, 7) is 9.99. The minimum absolute atomic E-state index is 0.261. The van der Waals surface area contributed by atoms with E-state index < -0.39 is 0 Å². The molecule has 0 fully saturated rings. The van der Waals surface area contributed by atoms with Crippen LogP contribution in [0.5, 0.6) is 11.5 Å². The van der Waals surface area contributed by atoms with Crippen molar-refractivity contribution in [3.8, 4) is 11.5 Å². The van der Waals surface area contributed by atoms with Gasteiger partial charge < -0.3 is 14.8 Å². The summed E-state index contributed by atoms with van der Waals surface area (Å²) in [6.07, 6.45) is 2.12. The fourth-order valence-corrected chi connectivity index (χ4v) is 2.65. The summed E-state index contributed by atoms with van der Waals surface area (Å²) in [5.41, 5.74) is 1.52. The lowest BCUT2D eigenvalue weighted by molar-refractivity contribution is 0.303. The highest BCUT2D eigenvalue weighted by atomic mass is 79.9. The van der Waals surface area contributed by atoms with Crippen LogP contribution in [0.4, 0.5) is 0 Å². The lowest BCUT2D eigenvalue weighted by Crippen LogP contribution is -2.34. The van der Waals surface area contributed by atoms with Gasteiger partial charge in [0.25, 0.3) is 0 Å². The highest BCUT2D eigenvalue weighted by molar-refractivity contribution is 9.10. The third-order valence-corrected chi connectivity index (χ3v) is 4.35. The lowest BCUT2D eigenvalue weighted by atomic mass is 9.86. The maximum atomic E-state index is 5.38. The summed E-state index contributed by atoms with van der Waals surface area (Å²) in [7, 11) is 3.33. The molecule has 3 nitrogen and oxygen atoms in total. The van der Waals surface area contributed by atoms with Gasteiger partial charge in [-0.05, 0) is 36.0 Å². The third kappa shape index (κ3) is 5.87. The van der Waals surface area contributed by atoms with Crippen LogP contribution in [0.1, 0.15) is 39.7 Å². The second-order valence-electron chi connectivity index (χ2n) is 6.50. The van der Waals surface area contributed by atoms with E-state index in [-0.39, 0.29) is 5.41 Å². The Balaban J connectivity index is 2.74. The minimum atomic E-state index is 0.261. The zero-order valence-corrected chi connectivity index (χ0v) is 15.6. The quantitative estimate of drug-likeness (QED) is 0.746. The third-order valence-electron chi connectivity index (χ3n) is 3.61. The molecule has 0 aliphatic heterocycles. The lowest BCUT2D eigenvalue weighted by Gasteiger charge is -2.26. The maximum Gasteiger partial charge on any atom is 0.161 e. The van der Waals surface area contributed by atoms with E-state index in [9.17, 15) is 0 Å². The second-order valence-corrected chi connectivity index (χ2v) is 7.35. The van der Waals surface area contributed by atoms with Crippen LogP contribution in [-0.4, -0.2) is 26.8 Å². The second kappa shape index (κ2) is 8.04. The van der Waals surface area contributed by atoms with E-state index in [2.05, 4.69) is 55.0 Å². The van der Waals surface area contributed by atoms with Gasteiger partial charge in [-0.15, -0.1) is 0 Å². The van der Waals surface area contributed by atoms with Gasteiger partial charge in [0.05, 0.1) is 14.2 Å². The van der Waals surface area contributed by atoms with E-state index in [0.717, 1.165) is 35.4 Å². The smallest absolute Gasteiger partial charge is 0.161 e. The molecule has 1 aromatic rings. The van der Waals surface area contributed by atoms with E-state index >= 15 is 0 Å². The van der Waals surface area contributed by atoms with E-state index in [1.54, 1.807) is 14.2 Å². The first kappa shape index (κ1) is 18.3. The molecule has 120 valence electrons. The number of hydrogen-bond acceptors (Lipinski definition) is 3. The molecule has 0 heterocycles. The molecular formula is C17H28BrNO2. The molecule has 0 saturated heterocycles. The molecule has 0 unspecified atom stereocenters. The normalized spacial score (nSPS) is 11.8. The van der Waals surface area contributed by atoms with Gasteiger partial charge in [0.1, 0.15) is 0 Å². The summed E-state index contributed by atoms with van der Waals surface area (Å²) < 4.78 is 11.8. The molecule has 0 aliphatic carbocycles. The monoisotopic (exact) mass is 357 g/mol. The van der Waals surface area contributed by atoms with Crippen molar-refractivity contribution in [1.82, 2.24) is 5.32 Å². The van der Waals surface area contributed by atoms with Crippen LogP contribution < -0.4 is 14.8 Å². The largest absolute Gasteiger partial charge is 0.493 e. The van der Waals surface area contributed by atoms with Gasteiger partial charge in [-0.3, -0.25) is 0 Å². The molecule has 0 spiro atoms. The molecule has 1 aromatic carbocycles. The molecule has 0 radical (unpaired) electrons. The van der Waals surface area contributed by atoms with Crippen molar-refractivity contribution in [2.75, 3.05) is 20.8 Å². The topological polar surface area (TPSA) is 30.5 Å². The predicted octanol–water partition coefficient (Wildman–Crippen LogP) is 4.42. The Labute approximate surface area is 137 Å². The molecular weight excluding hydrogens is 330 g/mol. The number of benzene rings is 1. The highest BCUT2D eigenvalue weighted by Gasteiger charge is 2.19. The Morgan fingerprint density at radius 1 is 1.14 bits per heavy atom. The fraction of sp³-hybridized carbons (Fsp3) is 0.647. The van der Waals surface area contributed by atoms with Gasteiger partial charge in [0, 0.05) is 17.1 Å². The van der Waals surface area contributed by atoms with E-state index in [4.69, 9.17) is 9.47 Å². The Bertz CT molecular complexity index is 458. The molecule has 0 aliphatic rings. The number of hydrogen-bond donors (Lipinski definition) is 1. The van der Waals surface area contributed by atoms with Crippen LogP contribution in [0.3, 0.4) is 0 Å². The first-order chi connectivity index (χ1) is 9.79. The molecule has 0 atom stereocenters. The van der Waals surface area contributed by atoms with Crippen molar-refractivity contribution in [1.29, 1.82) is 0 Å². The Kier molecular flexibility index (Phi) is 7.01. The SMILES string of the molecule is COc1cc(Br)c(CCC(C)(C)CNC(C)C)cc1OC. The first-order valence-electron chi connectivity index (χ1n) is 7.43. The molecule has 0 bridgehead atoms. The zero-order chi connectivity index (χ0) is 16.0. The molecule has 4 heteroatoms. The first-order valence-corrected chi connectivity index (χ1v) is 8.22. The average molecular weight is 358 g/mol. The van der Waals surface area contributed by atoms with Crippen molar-refractivity contribution in [2.24, 2.45) is 5.41 Å². The van der Waals surface area contributed by atoms with E-state index in [0.29, 0.717) is 6.04 Å². The van der Waals surface area contributed by atoms with Crippen LogP contribution in [0.25, 0.3) is 0 Å². The summed E-state index contributed by atoms with van der Waals surface area (Å²) >= 11 is 3.63. The molecule has 1 rings (SSSR count). The van der Waals surface area contributed by atoms with Gasteiger partial charge in [-0.2, -0.15) is 0 Å². The Hall–Kier alpha value is -0.740. The summed E-state index contributed by atoms with van der Waals surface area (Å²) in [6, 6.07) is 4.57. The molecule has 1 N–H and O–H groups in total. The van der Waals surface area contributed by atoms with Gasteiger partial charge in [0.15, 0.2) is 11.5 Å². The molecule has 0 aromatic heterocycles. The number of methoxy groups -OCH3 is 2. The zero-order valence-electron chi connectivity index (χ0n) is 14.0. The van der Waals surface area contributed by atoms with Crippen LogP contribution in [0, 0.1) is 5.41 Å². The Morgan fingerprint density at radius 2 is 1.71 bits per heavy atom. The highest BCUT2D eigenvalue weighted by Crippen LogP contribution is 2.35. The number of ether oxygens (including phenoxy) is 2. The summed E-state index contributed by atoms with van der Waals surface area (Å²) in [4.78, 5) is 0. The molecule has 21 heavy (non-hydrogen) atoms. The average Bonchev–Trinajstić information content (AvgIpc) is 2.43. The van der Waals surface area contributed by atoms with Crippen LogP contribution >= 0.6 is 15.9 Å². The summed E-state index contributed by atoms with van der Waals surface area (Å²) in [5, 5.41) is 3.52. The van der Waals surface area contributed by atoms with Crippen LogP contribution in [0.15, 0.2) is 16.6 Å². The van der Waals surface area contributed by atoms with Crippen LogP contribution in [0.2, 0.25) is 0 Å². The van der Waals surface area contributed by atoms with Crippen molar-refractivity contribution < 1.29 is 9.47 Å². The minimum Gasteiger partial charge on any atom is -0.493 e. The Morgan fingerprint density at radius 3 is 2.24 bits per heavy atom. The molecule has 0 amide bonds. The van der Waals surface area contributed by atoms with Gasteiger partial charge in [-0.1, -0.05) is 43.6 Å².